The minimum absolute atomic E-state index is 0.0301. The number of alkyl halides is 3. The maximum absolute atomic E-state index is 14.4. The third-order valence-electron chi connectivity index (χ3n) is 6.18. The molecule has 2 aromatic carbocycles. The zero-order valence-electron chi connectivity index (χ0n) is 18.7. The Labute approximate surface area is 210 Å². The van der Waals surface area contributed by atoms with E-state index >= 15 is 0 Å². The van der Waals surface area contributed by atoms with Gasteiger partial charge in [0.25, 0.3) is 5.91 Å². The number of benzene rings is 2. The van der Waals surface area contributed by atoms with E-state index in [4.69, 9.17) is 27.9 Å². The predicted octanol–water partition coefficient (Wildman–Crippen LogP) is 6.04. The molecule has 1 aliphatic heterocycles. The number of nitrogens with zero attached hydrogens (tertiary/aromatic N) is 2. The Bertz CT molecular complexity index is 1200. The van der Waals surface area contributed by atoms with Gasteiger partial charge in [0, 0.05) is 41.1 Å². The third kappa shape index (κ3) is 5.18. The van der Waals surface area contributed by atoms with Crippen molar-refractivity contribution in [1.29, 1.82) is 0 Å². The molecule has 0 saturated carbocycles. The zero-order chi connectivity index (χ0) is 25.2. The van der Waals surface area contributed by atoms with Crippen molar-refractivity contribution in [3.05, 3.63) is 87.7 Å². The van der Waals surface area contributed by atoms with Gasteiger partial charge in [0.05, 0.1) is 24.9 Å². The molecule has 1 aromatic heterocycles. The number of ether oxygens (including phenoxy) is 1. The van der Waals surface area contributed by atoms with Gasteiger partial charge in [-0.05, 0) is 54.4 Å². The number of methoxy groups -OCH3 is 1. The average molecular weight is 524 g/mol. The Morgan fingerprint density at radius 1 is 1.14 bits per heavy atom. The maximum atomic E-state index is 14.4. The monoisotopic (exact) mass is 523 g/mol. The first-order valence-corrected chi connectivity index (χ1v) is 11.5. The Morgan fingerprint density at radius 3 is 2.51 bits per heavy atom. The summed E-state index contributed by atoms with van der Waals surface area (Å²) in [6.07, 6.45) is -3.06. The smallest absolute Gasteiger partial charge is 0.400 e. The highest BCUT2D eigenvalue weighted by molar-refractivity contribution is 6.34. The SMILES string of the molecule is COc1cc(N2CCC(c3cc(Cl)cc(Cl)c3)(C(F)(F)F)C2)ccc1C(=O)NCc1ccccn1. The number of amides is 1. The molecule has 10 heteroatoms. The van der Waals surface area contributed by atoms with E-state index in [1.54, 1.807) is 41.4 Å². The molecule has 5 nitrogen and oxygen atoms in total. The van der Waals surface area contributed by atoms with Gasteiger partial charge in [-0.25, -0.2) is 0 Å². The van der Waals surface area contributed by atoms with Crippen molar-refractivity contribution in [2.75, 3.05) is 25.1 Å². The Hall–Kier alpha value is -2.97. The van der Waals surface area contributed by atoms with Crippen molar-refractivity contribution in [3.63, 3.8) is 0 Å². The van der Waals surface area contributed by atoms with E-state index in [9.17, 15) is 18.0 Å². The van der Waals surface area contributed by atoms with Gasteiger partial charge in [-0.3, -0.25) is 9.78 Å². The second-order valence-corrected chi connectivity index (χ2v) is 9.17. The van der Waals surface area contributed by atoms with Crippen molar-refractivity contribution in [2.45, 2.75) is 24.6 Å². The van der Waals surface area contributed by atoms with Crippen molar-refractivity contribution in [1.82, 2.24) is 10.3 Å². The van der Waals surface area contributed by atoms with Gasteiger partial charge in [0.15, 0.2) is 0 Å². The van der Waals surface area contributed by atoms with Gasteiger partial charge >= 0.3 is 6.18 Å². The molecule has 4 rings (SSSR count). The molecule has 1 N–H and O–H groups in total. The largest absolute Gasteiger partial charge is 0.496 e. The summed E-state index contributed by atoms with van der Waals surface area (Å²) in [5.74, 6) is -0.116. The van der Waals surface area contributed by atoms with E-state index in [1.807, 2.05) is 6.07 Å². The van der Waals surface area contributed by atoms with E-state index in [-0.39, 0.29) is 58.9 Å². The van der Waals surface area contributed by atoms with Crippen LogP contribution in [0, 0.1) is 0 Å². The van der Waals surface area contributed by atoms with Crippen LogP contribution in [0.1, 0.15) is 28.0 Å². The molecule has 0 aliphatic carbocycles. The summed E-state index contributed by atoms with van der Waals surface area (Å²) in [5, 5.41) is 3.08. The van der Waals surface area contributed by atoms with Gasteiger partial charge in [0.1, 0.15) is 11.2 Å². The highest BCUT2D eigenvalue weighted by Gasteiger charge is 2.59. The highest BCUT2D eigenvalue weighted by Crippen LogP contribution is 2.49. The fourth-order valence-corrected chi connectivity index (χ4v) is 4.85. The number of rotatable bonds is 6. The molecule has 1 aliphatic rings. The van der Waals surface area contributed by atoms with Crippen LogP contribution in [0.4, 0.5) is 18.9 Å². The van der Waals surface area contributed by atoms with Gasteiger partial charge in [0.2, 0.25) is 0 Å². The summed E-state index contributed by atoms with van der Waals surface area (Å²) in [6, 6.07) is 14.2. The van der Waals surface area contributed by atoms with Crippen molar-refractivity contribution in [3.8, 4) is 5.75 Å². The normalized spacial score (nSPS) is 17.9. The van der Waals surface area contributed by atoms with Crippen LogP contribution in [0.3, 0.4) is 0 Å². The van der Waals surface area contributed by atoms with Gasteiger partial charge in [-0.2, -0.15) is 13.2 Å². The predicted molar refractivity (Wildman–Crippen MR) is 129 cm³/mol. The van der Waals surface area contributed by atoms with Crippen LogP contribution in [0.5, 0.6) is 5.75 Å². The number of hydrogen-bond donors (Lipinski definition) is 1. The van der Waals surface area contributed by atoms with Crippen molar-refractivity contribution in [2.24, 2.45) is 0 Å². The number of nitrogens with one attached hydrogen (secondary N) is 1. The van der Waals surface area contributed by atoms with Crippen LogP contribution in [-0.4, -0.2) is 37.3 Å². The fourth-order valence-electron chi connectivity index (χ4n) is 4.32. The first-order valence-electron chi connectivity index (χ1n) is 10.8. The number of hydrogen-bond acceptors (Lipinski definition) is 4. The van der Waals surface area contributed by atoms with Gasteiger partial charge in [-0.15, -0.1) is 0 Å². The topological polar surface area (TPSA) is 54.5 Å². The third-order valence-corrected chi connectivity index (χ3v) is 6.61. The van der Waals surface area contributed by atoms with E-state index in [0.29, 0.717) is 11.4 Å². The van der Waals surface area contributed by atoms with E-state index < -0.39 is 11.6 Å². The number of halogens is 5. The molecule has 1 saturated heterocycles. The average Bonchev–Trinajstić information content (AvgIpc) is 3.29. The molecule has 0 spiro atoms. The molecule has 1 amide bonds. The van der Waals surface area contributed by atoms with Crippen molar-refractivity contribution >= 4 is 34.8 Å². The molecule has 35 heavy (non-hydrogen) atoms. The van der Waals surface area contributed by atoms with E-state index in [1.165, 1.54) is 25.3 Å². The summed E-state index contributed by atoms with van der Waals surface area (Å²) in [4.78, 5) is 18.5. The quantitative estimate of drug-likeness (QED) is 0.428. The number of anilines is 1. The van der Waals surface area contributed by atoms with Crippen LogP contribution in [0.2, 0.25) is 10.0 Å². The second-order valence-electron chi connectivity index (χ2n) is 8.30. The zero-order valence-corrected chi connectivity index (χ0v) is 20.2. The minimum Gasteiger partial charge on any atom is -0.496 e. The molecular formula is C25H22Cl2F3N3O2. The van der Waals surface area contributed by atoms with Crippen LogP contribution >= 0.6 is 23.2 Å². The van der Waals surface area contributed by atoms with Crippen LogP contribution in [0.25, 0.3) is 0 Å². The molecule has 3 aromatic rings. The Kier molecular flexibility index (Phi) is 7.15. The number of carbonyl (C=O) groups is 1. The highest BCUT2D eigenvalue weighted by atomic mass is 35.5. The first-order chi connectivity index (χ1) is 16.6. The second kappa shape index (κ2) is 9.95. The van der Waals surface area contributed by atoms with Crippen LogP contribution in [-0.2, 0) is 12.0 Å². The molecular weight excluding hydrogens is 502 g/mol. The standard InChI is InChI=1S/C25H22Cl2F3N3O2/c1-35-22-13-20(5-6-21(22)23(34)32-14-19-4-2-3-8-31-19)33-9-7-24(15-33,25(28,29)30)16-10-17(26)12-18(27)11-16/h2-6,8,10-13H,7,9,14-15H2,1H3,(H,32,34). The molecule has 1 unspecified atom stereocenters. The molecule has 1 atom stereocenters. The molecule has 184 valence electrons. The maximum Gasteiger partial charge on any atom is 0.400 e. The Morgan fingerprint density at radius 2 is 1.89 bits per heavy atom. The van der Waals surface area contributed by atoms with Gasteiger partial charge in [-0.1, -0.05) is 29.3 Å². The summed E-state index contributed by atoms with van der Waals surface area (Å²) in [5.41, 5.74) is -0.619. The van der Waals surface area contributed by atoms with E-state index in [2.05, 4.69) is 10.3 Å². The van der Waals surface area contributed by atoms with Crippen LogP contribution < -0.4 is 15.0 Å². The van der Waals surface area contributed by atoms with Crippen LogP contribution in [0.15, 0.2) is 60.8 Å². The minimum atomic E-state index is -4.52. The van der Waals surface area contributed by atoms with Gasteiger partial charge < -0.3 is 15.0 Å². The lowest BCUT2D eigenvalue weighted by molar-refractivity contribution is -0.184. The summed E-state index contributed by atoms with van der Waals surface area (Å²) in [7, 11) is 1.41. The molecule has 0 radical (unpaired) electrons. The molecule has 0 bridgehead atoms. The summed E-state index contributed by atoms with van der Waals surface area (Å²) >= 11 is 12.0. The lowest BCUT2D eigenvalue weighted by Crippen LogP contribution is -2.44. The fraction of sp³-hybridized carbons (Fsp3) is 0.280. The lowest BCUT2D eigenvalue weighted by atomic mass is 9.79. The van der Waals surface area contributed by atoms with E-state index in [0.717, 1.165) is 0 Å². The number of aromatic nitrogens is 1. The summed E-state index contributed by atoms with van der Waals surface area (Å²) < 4.78 is 48.6. The molecule has 2 heterocycles. The lowest BCUT2D eigenvalue weighted by Gasteiger charge is -2.33. The summed E-state index contributed by atoms with van der Waals surface area (Å²) in [6.45, 7) is 0.0621. The first kappa shape index (κ1) is 25.1. The number of carbonyl (C=O) groups excluding carboxylic acids is 1. The van der Waals surface area contributed by atoms with Crippen molar-refractivity contribution < 1.29 is 22.7 Å². The number of pyridine rings is 1. The Balaban J connectivity index is 1.58. The molecule has 1 fully saturated rings.